The van der Waals surface area contributed by atoms with Crippen LogP contribution in [0.5, 0.6) is 11.5 Å². The average molecular weight is 439 g/mol. The van der Waals surface area contributed by atoms with Crippen molar-refractivity contribution in [3.05, 3.63) is 59.7 Å². The summed E-state index contributed by atoms with van der Waals surface area (Å²) in [5.41, 5.74) is 2.64. The fraction of sp³-hybridized carbons (Fsp3) is 0.500. The standard InChI is InChI=1S/C26H38N4O2/c1-4-32-25-19-21(12-13-24(25)31-3)11-8-16-28-26(27-2)29-23-14-17-30(18-15-23)20-22-9-6-5-7-10-22/h5-7,9-10,12-13,19,23H,4,8,11,14-18,20H2,1-3H3,(H2,27,28,29). The van der Waals surface area contributed by atoms with Gasteiger partial charge < -0.3 is 20.1 Å². The van der Waals surface area contributed by atoms with E-state index in [1.807, 2.05) is 20.0 Å². The van der Waals surface area contributed by atoms with Crippen molar-refractivity contribution < 1.29 is 9.47 Å². The summed E-state index contributed by atoms with van der Waals surface area (Å²) in [6.07, 6.45) is 4.28. The molecule has 0 aromatic heterocycles. The van der Waals surface area contributed by atoms with Crippen molar-refractivity contribution in [2.75, 3.05) is 40.4 Å². The summed E-state index contributed by atoms with van der Waals surface area (Å²) in [6.45, 7) is 6.77. The zero-order valence-corrected chi connectivity index (χ0v) is 19.8. The molecular weight excluding hydrogens is 400 g/mol. The van der Waals surface area contributed by atoms with E-state index < -0.39 is 0 Å². The molecule has 0 saturated carbocycles. The van der Waals surface area contributed by atoms with Crippen molar-refractivity contribution in [1.29, 1.82) is 0 Å². The van der Waals surface area contributed by atoms with Crippen molar-refractivity contribution in [2.24, 2.45) is 4.99 Å². The number of benzene rings is 2. The highest BCUT2D eigenvalue weighted by Crippen LogP contribution is 2.28. The minimum absolute atomic E-state index is 0.476. The van der Waals surface area contributed by atoms with E-state index in [0.717, 1.165) is 69.3 Å². The predicted molar refractivity (Wildman–Crippen MR) is 132 cm³/mol. The number of aryl methyl sites for hydroxylation is 1. The van der Waals surface area contributed by atoms with Gasteiger partial charge in [0.05, 0.1) is 13.7 Å². The van der Waals surface area contributed by atoms with E-state index in [0.29, 0.717) is 12.6 Å². The Kier molecular flexibility index (Phi) is 9.69. The van der Waals surface area contributed by atoms with E-state index in [-0.39, 0.29) is 0 Å². The third-order valence-electron chi connectivity index (χ3n) is 5.86. The Balaban J connectivity index is 1.36. The topological polar surface area (TPSA) is 58.1 Å². The van der Waals surface area contributed by atoms with Gasteiger partial charge in [-0.3, -0.25) is 9.89 Å². The quantitative estimate of drug-likeness (QED) is 0.335. The Hall–Kier alpha value is -2.73. The van der Waals surface area contributed by atoms with Gasteiger partial charge in [0, 0.05) is 39.3 Å². The van der Waals surface area contributed by atoms with Crippen LogP contribution in [0.4, 0.5) is 0 Å². The molecule has 1 fully saturated rings. The summed E-state index contributed by atoms with van der Waals surface area (Å²) in [6, 6.07) is 17.4. The van der Waals surface area contributed by atoms with Gasteiger partial charge in [0.2, 0.25) is 0 Å². The normalized spacial score (nSPS) is 15.4. The molecule has 6 heteroatoms. The lowest BCUT2D eigenvalue weighted by Crippen LogP contribution is -2.48. The molecule has 1 saturated heterocycles. The number of piperidine rings is 1. The summed E-state index contributed by atoms with van der Waals surface area (Å²) in [7, 11) is 3.52. The van der Waals surface area contributed by atoms with E-state index in [1.54, 1.807) is 7.11 Å². The lowest BCUT2D eigenvalue weighted by Gasteiger charge is -2.33. The Morgan fingerprint density at radius 3 is 2.53 bits per heavy atom. The van der Waals surface area contributed by atoms with Crippen LogP contribution in [0.25, 0.3) is 0 Å². The molecule has 0 amide bonds. The number of ether oxygens (including phenoxy) is 2. The SMILES string of the molecule is CCOc1cc(CCCNC(=NC)NC2CCN(Cc3ccccc3)CC2)ccc1OC. The third-order valence-corrected chi connectivity index (χ3v) is 5.86. The zero-order valence-electron chi connectivity index (χ0n) is 19.8. The summed E-state index contributed by atoms with van der Waals surface area (Å²) in [4.78, 5) is 6.96. The molecule has 0 spiro atoms. The Bertz CT molecular complexity index is 833. The summed E-state index contributed by atoms with van der Waals surface area (Å²) in [5, 5.41) is 7.08. The van der Waals surface area contributed by atoms with Crippen molar-refractivity contribution >= 4 is 5.96 Å². The van der Waals surface area contributed by atoms with Crippen LogP contribution in [0.1, 0.15) is 37.3 Å². The fourth-order valence-electron chi connectivity index (χ4n) is 4.11. The molecule has 0 radical (unpaired) electrons. The highest BCUT2D eigenvalue weighted by Gasteiger charge is 2.20. The number of nitrogens with one attached hydrogen (secondary N) is 2. The summed E-state index contributed by atoms with van der Waals surface area (Å²) >= 11 is 0. The molecule has 32 heavy (non-hydrogen) atoms. The molecule has 3 rings (SSSR count). The monoisotopic (exact) mass is 438 g/mol. The van der Waals surface area contributed by atoms with Crippen LogP contribution in [-0.2, 0) is 13.0 Å². The second-order valence-corrected chi connectivity index (χ2v) is 8.20. The number of methoxy groups -OCH3 is 1. The maximum absolute atomic E-state index is 5.68. The van der Waals surface area contributed by atoms with Crippen LogP contribution < -0.4 is 20.1 Å². The number of aliphatic imine (C=N–C) groups is 1. The molecule has 0 aliphatic carbocycles. The Morgan fingerprint density at radius 1 is 1.06 bits per heavy atom. The van der Waals surface area contributed by atoms with Crippen LogP contribution in [0, 0.1) is 0 Å². The molecule has 2 N–H and O–H groups in total. The van der Waals surface area contributed by atoms with E-state index >= 15 is 0 Å². The first kappa shape index (κ1) is 23.9. The minimum Gasteiger partial charge on any atom is -0.493 e. The van der Waals surface area contributed by atoms with Crippen LogP contribution >= 0.6 is 0 Å². The number of nitrogens with zero attached hydrogens (tertiary/aromatic N) is 2. The largest absolute Gasteiger partial charge is 0.493 e. The Labute approximate surface area is 193 Å². The van der Waals surface area contributed by atoms with E-state index in [9.17, 15) is 0 Å². The molecule has 174 valence electrons. The number of guanidine groups is 1. The molecule has 0 bridgehead atoms. The van der Waals surface area contributed by atoms with Gasteiger partial charge in [0.25, 0.3) is 0 Å². The van der Waals surface area contributed by atoms with E-state index in [1.165, 1.54) is 11.1 Å². The van der Waals surface area contributed by atoms with Crippen LogP contribution in [0.2, 0.25) is 0 Å². The van der Waals surface area contributed by atoms with Gasteiger partial charge in [-0.25, -0.2) is 0 Å². The van der Waals surface area contributed by atoms with Gasteiger partial charge in [-0.05, 0) is 55.9 Å². The van der Waals surface area contributed by atoms with E-state index in [4.69, 9.17) is 9.47 Å². The molecule has 0 unspecified atom stereocenters. The predicted octanol–water partition coefficient (Wildman–Crippen LogP) is 3.86. The van der Waals surface area contributed by atoms with E-state index in [2.05, 4.69) is 63.0 Å². The van der Waals surface area contributed by atoms with Crippen molar-refractivity contribution in [3.63, 3.8) is 0 Å². The average Bonchev–Trinajstić information content (AvgIpc) is 2.83. The summed E-state index contributed by atoms with van der Waals surface area (Å²) < 4.78 is 11.1. The first-order chi connectivity index (χ1) is 15.7. The van der Waals surface area contributed by atoms with Gasteiger partial charge >= 0.3 is 0 Å². The maximum atomic E-state index is 5.68. The van der Waals surface area contributed by atoms with Crippen LogP contribution in [-0.4, -0.2) is 57.3 Å². The molecule has 1 aliphatic heterocycles. The molecule has 0 atom stereocenters. The zero-order chi connectivity index (χ0) is 22.6. The molecule has 2 aromatic carbocycles. The van der Waals surface area contributed by atoms with Gasteiger partial charge in [0.15, 0.2) is 17.5 Å². The minimum atomic E-state index is 0.476. The Morgan fingerprint density at radius 2 is 1.84 bits per heavy atom. The third kappa shape index (κ3) is 7.45. The number of hydrogen-bond acceptors (Lipinski definition) is 4. The summed E-state index contributed by atoms with van der Waals surface area (Å²) in [5.74, 6) is 2.50. The molecule has 1 heterocycles. The first-order valence-electron chi connectivity index (χ1n) is 11.7. The van der Waals surface area contributed by atoms with Crippen LogP contribution in [0.3, 0.4) is 0 Å². The second kappa shape index (κ2) is 13.0. The second-order valence-electron chi connectivity index (χ2n) is 8.20. The maximum Gasteiger partial charge on any atom is 0.191 e. The van der Waals surface area contributed by atoms with Gasteiger partial charge in [0.1, 0.15) is 0 Å². The van der Waals surface area contributed by atoms with Crippen LogP contribution in [0.15, 0.2) is 53.5 Å². The first-order valence-corrected chi connectivity index (χ1v) is 11.7. The highest BCUT2D eigenvalue weighted by atomic mass is 16.5. The number of hydrogen-bond donors (Lipinski definition) is 2. The number of likely N-dealkylation sites (tertiary alicyclic amines) is 1. The molecule has 1 aliphatic rings. The van der Waals surface area contributed by atoms with Crippen molar-refractivity contribution in [2.45, 2.75) is 45.2 Å². The molecule has 2 aromatic rings. The molecular formula is C26H38N4O2. The van der Waals surface area contributed by atoms with Gasteiger partial charge in [-0.15, -0.1) is 0 Å². The van der Waals surface area contributed by atoms with Gasteiger partial charge in [-0.2, -0.15) is 0 Å². The highest BCUT2D eigenvalue weighted by molar-refractivity contribution is 5.79. The molecule has 6 nitrogen and oxygen atoms in total. The van der Waals surface area contributed by atoms with Crippen molar-refractivity contribution in [1.82, 2.24) is 15.5 Å². The fourth-order valence-corrected chi connectivity index (χ4v) is 4.11. The van der Waals surface area contributed by atoms with Gasteiger partial charge in [-0.1, -0.05) is 36.4 Å². The lowest BCUT2D eigenvalue weighted by atomic mass is 10.0. The number of rotatable bonds is 10. The lowest BCUT2D eigenvalue weighted by molar-refractivity contribution is 0.198. The smallest absolute Gasteiger partial charge is 0.191 e. The van der Waals surface area contributed by atoms with Crippen molar-refractivity contribution in [3.8, 4) is 11.5 Å².